The lowest BCUT2D eigenvalue weighted by atomic mass is 9.94. The molecule has 5 nitrogen and oxygen atoms in total. The van der Waals surface area contributed by atoms with Gasteiger partial charge in [-0.05, 0) is 12.5 Å². The first-order chi connectivity index (χ1) is 8.00. The van der Waals surface area contributed by atoms with E-state index in [4.69, 9.17) is 5.73 Å². The molecular weight excluding hydrogens is 222 g/mol. The third kappa shape index (κ3) is 3.04. The summed E-state index contributed by atoms with van der Waals surface area (Å²) < 4.78 is 4.65. The molecule has 0 unspecified atom stereocenters. The van der Waals surface area contributed by atoms with E-state index in [0.717, 1.165) is 0 Å². The van der Waals surface area contributed by atoms with Crippen LogP contribution in [0.25, 0.3) is 0 Å². The lowest BCUT2D eigenvalue weighted by molar-refractivity contribution is -0.169. The fourth-order valence-corrected chi connectivity index (χ4v) is 1.40. The Morgan fingerprint density at radius 1 is 1.35 bits per heavy atom. The van der Waals surface area contributed by atoms with Crippen molar-refractivity contribution >= 4 is 11.9 Å². The van der Waals surface area contributed by atoms with Gasteiger partial charge in [0.2, 0.25) is 5.60 Å². The summed E-state index contributed by atoms with van der Waals surface area (Å²) in [6, 6.07) is 8.64. The molecule has 1 atom stereocenters. The molecule has 1 aromatic carbocycles. The van der Waals surface area contributed by atoms with Crippen LogP contribution in [0.1, 0.15) is 12.5 Å². The van der Waals surface area contributed by atoms with Crippen molar-refractivity contribution in [2.75, 3.05) is 6.61 Å². The quantitative estimate of drug-likeness (QED) is 0.557. The van der Waals surface area contributed by atoms with Gasteiger partial charge in [-0.1, -0.05) is 30.3 Å². The summed E-state index contributed by atoms with van der Waals surface area (Å²) >= 11 is 0. The van der Waals surface area contributed by atoms with Crippen molar-refractivity contribution in [2.24, 2.45) is 5.73 Å². The van der Waals surface area contributed by atoms with Gasteiger partial charge in [-0.2, -0.15) is 0 Å². The number of primary amides is 1. The second kappa shape index (κ2) is 5.45. The molecule has 0 fully saturated rings. The highest BCUT2D eigenvalue weighted by atomic mass is 16.5. The number of nitrogens with two attached hydrogens (primary N) is 1. The van der Waals surface area contributed by atoms with Gasteiger partial charge in [-0.15, -0.1) is 0 Å². The number of benzene rings is 1. The van der Waals surface area contributed by atoms with Gasteiger partial charge in [-0.25, -0.2) is 4.79 Å². The van der Waals surface area contributed by atoms with Gasteiger partial charge in [0.05, 0.1) is 6.61 Å². The molecule has 0 bridgehead atoms. The van der Waals surface area contributed by atoms with E-state index in [1.165, 1.54) is 0 Å². The number of carbonyl (C=O) groups is 2. The molecule has 1 amide bonds. The Morgan fingerprint density at radius 2 is 1.94 bits per heavy atom. The molecule has 0 heterocycles. The first-order valence-corrected chi connectivity index (χ1v) is 5.24. The third-order valence-electron chi connectivity index (χ3n) is 2.32. The number of hydrogen-bond donors (Lipinski definition) is 2. The molecule has 0 spiro atoms. The van der Waals surface area contributed by atoms with Crippen molar-refractivity contribution in [2.45, 2.75) is 18.9 Å². The topological polar surface area (TPSA) is 89.6 Å². The van der Waals surface area contributed by atoms with Crippen LogP contribution in [0.2, 0.25) is 0 Å². The van der Waals surface area contributed by atoms with Crippen molar-refractivity contribution in [3.63, 3.8) is 0 Å². The summed E-state index contributed by atoms with van der Waals surface area (Å²) in [5.74, 6) is -2.13. The molecule has 0 aromatic heterocycles. The highest BCUT2D eigenvalue weighted by molar-refractivity contribution is 6.05. The Balaban J connectivity index is 2.93. The number of amides is 1. The summed E-state index contributed by atoms with van der Waals surface area (Å²) in [6.45, 7) is 1.66. The molecule has 17 heavy (non-hydrogen) atoms. The molecule has 3 N–H and O–H groups in total. The summed E-state index contributed by atoms with van der Waals surface area (Å²) in [5.41, 5.74) is 3.38. The van der Waals surface area contributed by atoms with Crippen LogP contribution in [0.3, 0.4) is 0 Å². The average Bonchev–Trinajstić information content (AvgIpc) is 2.30. The van der Waals surface area contributed by atoms with Crippen LogP contribution in [0, 0.1) is 0 Å². The van der Waals surface area contributed by atoms with Crippen LogP contribution < -0.4 is 5.73 Å². The zero-order chi connectivity index (χ0) is 12.9. The largest absolute Gasteiger partial charge is 0.463 e. The maximum absolute atomic E-state index is 11.5. The zero-order valence-electron chi connectivity index (χ0n) is 9.55. The van der Waals surface area contributed by atoms with E-state index in [1.54, 1.807) is 37.3 Å². The maximum Gasteiger partial charge on any atom is 0.348 e. The molecule has 0 saturated carbocycles. The lowest BCUT2D eigenvalue weighted by Gasteiger charge is -2.22. The van der Waals surface area contributed by atoms with Crippen molar-refractivity contribution in [1.29, 1.82) is 0 Å². The molecule has 5 heteroatoms. The van der Waals surface area contributed by atoms with Crippen molar-refractivity contribution in [1.82, 2.24) is 0 Å². The van der Waals surface area contributed by atoms with E-state index in [0.29, 0.717) is 5.56 Å². The monoisotopic (exact) mass is 237 g/mol. The minimum absolute atomic E-state index is 0.0726. The van der Waals surface area contributed by atoms with E-state index < -0.39 is 17.5 Å². The van der Waals surface area contributed by atoms with E-state index in [1.807, 2.05) is 0 Å². The second-order valence-corrected chi connectivity index (χ2v) is 3.61. The van der Waals surface area contributed by atoms with Crippen LogP contribution in [-0.4, -0.2) is 29.2 Å². The molecule has 0 aliphatic carbocycles. The van der Waals surface area contributed by atoms with Gasteiger partial charge in [0.25, 0.3) is 5.91 Å². The van der Waals surface area contributed by atoms with Crippen molar-refractivity contribution in [3.05, 3.63) is 35.9 Å². The summed E-state index contributed by atoms with van der Waals surface area (Å²) in [7, 11) is 0. The lowest BCUT2D eigenvalue weighted by Crippen LogP contribution is -2.53. The Bertz CT molecular complexity index is 404. The average molecular weight is 237 g/mol. The van der Waals surface area contributed by atoms with Crippen LogP contribution in [0.4, 0.5) is 0 Å². The smallest absolute Gasteiger partial charge is 0.348 e. The number of hydrogen-bond acceptors (Lipinski definition) is 4. The molecular formula is C12H15NO4. The second-order valence-electron chi connectivity index (χ2n) is 3.61. The van der Waals surface area contributed by atoms with Gasteiger partial charge in [0, 0.05) is 6.42 Å². The van der Waals surface area contributed by atoms with E-state index in [2.05, 4.69) is 4.74 Å². The van der Waals surface area contributed by atoms with Crippen molar-refractivity contribution in [3.8, 4) is 0 Å². The van der Waals surface area contributed by atoms with E-state index in [9.17, 15) is 14.7 Å². The number of esters is 1. The predicted molar refractivity (Wildman–Crippen MR) is 60.9 cm³/mol. The van der Waals surface area contributed by atoms with Gasteiger partial charge in [-0.3, -0.25) is 4.79 Å². The Labute approximate surface area is 99.2 Å². The van der Waals surface area contributed by atoms with Crippen LogP contribution in [-0.2, 0) is 20.7 Å². The minimum atomic E-state index is -2.31. The number of carbonyl (C=O) groups excluding carboxylic acids is 2. The summed E-state index contributed by atoms with van der Waals surface area (Å²) in [5, 5.41) is 9.99. The Kier molecular flexibility index (Phi) is 4.23. The molecule has 0 saturated heterocycles. The zero-order valence-corrected chi connectivity index (χ0v) is 9.55. The molecule has 1 rings (SSSR count). The molecule has 0 radical (unpaired) electrons. The Hall–Kier alpha value is -1.88. The van der Waals surface area contributed by atoms with Crippen LogP contribution >= 0.6 is 0 Å². The molecule has 1 aromatic rings. The first-order valence-electron chi connectivity index (χ1n) is 5.24. The first kappa shape index (κ1) is 13.2. The van der Waals surface area contributed by atoms with Crippen LogP contribution in [0.15, 0.2) is 30.3 Å². The fourth-order valence-electron chi connectivity index (χ4n) is 1.40. The number of rotatable bonds is 5. The van der Waals surface area contributed by atoms with Gasteiger partial charge in [0.15, 0.2) is 0 Å². The third-order valence-corrected chi connectivity index (χ3v) is 2.32. The van der Waals surface area contributed by atoms with E-state index >= 15 is 0 Å². The summed E-state index contributed by atoms with van der Waals surface area (Å²) in [6.07, 6.45) is -0.192. The Morgan fingerprint density at radius 3 is 2.41 bits per heavy atom. The van der Waals surface area contributed by atoms with Crippen molar-refractivity contribution < 1.29 is 19.4 Å². The highest BCUT2D eigenvalue weighted by Gasteiger charge is 2.44. The predicted octanol–water partition coefficient (Wildman–Crippen LogP) is 0.00860. The van der Waals surface area contributed by atoms with Gasteiger partial charge < -0.3 is 15.6 Å². The summed E-state index contributed by atoms with van der Waals surface area (Å²) in [4.78, 5) is 22.8. The fraction of sp³-hybridized carbons (Fsp3) is 0.333. The normalized spacial score (nSPS) is 13.8. The highest BCUT2D eigenvalue weighted by Crippen LogP contribution is 2.15. The molecule has 0 aliphatic rings. The van der Waals surface area contributed by atoms with Gasteiger partial charge in [0.1, 0.15) is 0 Å². The minimum Gasteiger partial charge on any atom is -0.463 e. The van der Waals surface area contributed by atoms with Gasteiger partial charge >= 0.3 is 5.97 Å². The number of aliphatic hydroxyl groups is 1. The molecule has 0 aliphatic heterocycles. The SMILES string of the molecule is CCOC(=O)[C@@](O)(Cc1ccccc1)C(N)=O. The maximum atomic E-state index is 11.5. The number of ether oxygens (including phenoxy) is 1. The van der Waals surface area contributed by atoms with Crippen LogP contribution in [0.5, 0.6) is 0 Å². The molecule has 92 valence electrons. The van der Waals surface area contributed by atoms with E-state index in [-0.39, 0.29) is 13.0 Å². The standard InChI is InChI=1S/C12H15NO4/c1-2-17-11(15)12(16,10(13)14)8-9-6-4-3-5-7-9/h3-7,16H,2,8H2,1H3,(H2,13,14)/t12-/m1/s1.